The standard InChI is InChI=1S/C28H27N3O6/c1-17(2)37-23-15-7-18(8-16-23)25-24(26(32)19-5-9-22(10-6-19)31(35)36)27(33)28(34)30(25)21-13-11-20(12-14-21)29(3)4/h5-17,25,32H,1-4H3/b26-24-. The van der Waals surface area contributed by atoms with E-state index in [0.29, 0.717) is 17.0 Å². The summed E-state index contributed by atoms with van der Waals surface area (Å²) in [7, 11) is 3.79. The lowest BCUT2D eigenvalue weighted by Gasteiger charge is -2.26. The SMILES string of the molecule is CC(C)Oc1ccc(C2/C(=C(/O)c3ccc([N+](=O)[O-])cc3)C(=O)C(=O)N2c2ccc(N(C)C)cc2)cc1. The maximum atomic E-state index is 13.3. The lowest BCUT2D eigenvalue weighted by molar-refractivity contribution is -0.384. The molecule has 37 heavy (non-hydrogen) atoms. The molecule has 4 rings (SSSR count). The molecule has 190 valence electrons. The third-order valence-corrected chi connectivity index (χ3v) is 6.01. The lowest BCUT2D eigenvalue weighted by Crippen LogP contribution is -2.29. The van der Waals surface area contributed by atoms with E-state index in [1.165, 1.54) is 29.2 Å². The van der Waals surface area contributed by atoms with E-state index in [1.54, 1.807) is 36.4 Å². The van der Waals surface area contributed by atoms with E-state index in [2.05, 4.69) is 0 Å². The fourth-order valence-corrected chi connectivity index (χ4v) is 4.22. The highest BCUT2D eigenvalue weighted by Gasteiger charge is 2.47. The van der Waals surface area contributed by atoms with Gasteiger partial charge in [0.1, 0.15) is 11.5 Å². The molecule has 1 atom stereocenters. The molecule has 1 heterocycles. The monoisotopic (exact) mass is 501 g/mol. The van der Waals surface area contributed by atoms with Crippen molar-refractivity contribution in [1.82, 2.24) is 0 Å². The zero-order chi connectivity index (χ0) is 26.9. The summed E-state index contributed by atoms with van der Waals surface area (Å²) in [6.45, 7) is 3.81. The number of ketones is 1. The van der Waals surface area contributed by atoms with Gasteiger partial charge in [0.05, 0.1) is 22.6 Å². The van der Waals surface area contributed by atoms with Gasteiger partial charge in [0, 0.05) is 43.2 Å². The van der Waals surface area contributed by atoms with Crippen LogP contribution in [-0.2, 0) is 9.59 Å². The van der Waals surface area contributed by atoms with Crippen molar-refractivity contribution in [1.29, 1.82) is 0 Å². The Balaban J connectivity index is 1.86. The smallest absolute Gasteiger partial charge is 0.300 e. The van der Waals surface area contributed by atoms with Gasteiger partial charge >= 0.3 is 0 Å². The third kappa shape index (κ3) is 5.02. The van der Waals surface area contributed by atoms with Crippen LogP contribution < -0.4 is 14.5 Å². The number of carbonyl (C=O) groups excluding carboxylic acids is 2. The summed E-state index contributed by atoms with van der Waals surface area (Å²) in [6.07, 6.45) is -0.0335. The van der Waals surface area contributed by atoms with Gasteiger partial charge in [-0.25, -0.2) is 0 Å². The molecule has 0 spiro atoms. The van der Waals surface area contributed by atoms with Crippen molar-refractivity contribution in [2.24, 2.45) is 0 Å². The second-order valence-electron chi connectivity index (χ2n) is 9.12. The largest absolute Gasteiger partial charge is 0.507 e. The number of Topliss-reactive ketones (excluding diaryl/α,β-unsaturated/α-hetero) is 1. The van der Waals surface area contributed by atoms with E-state index in [-0.39, 0.29) is 22.9 Å². The molecule has 0 radical (unpaired) electrons. The predicted octanol–water partition coefficient (Wildman–Crippen LogP) is 5.07. The molecule has 0 saturated carbocycles. The Labute approximate surface area is 214 Å². The van der Waals surface area contributed by atoms with Gasteiger partial charge in [-0.3, -0.25) is 24.6 Å². The molecule has 0 aromatic heterocycles. The van der Waals surface area contributed by atoms with Gasteiger partial charge in [-0.2, -0.15) is 0 Å². The van der Waals surface area contributed by atoms with Crippen molar-refractivity contribution in [2.75, 3.05) is 23.9 Å². The number of amides is 1. The minimum Gasteiger partial charge on any atom is -0.507 e. The number of benzene rings is 3. The number of rotatable bonds is 7. The van der Waals surface area contributed by atoms with Crippen molar-refractivity contribution in [3.8, 4) is 5.75 Å². The molecule has 0 bridgehead atoms. The summed E-state index contributed by atoms with van der Waals surface area (Å²) in [6, 6.07) is 18.4. The van der Waals surface area contributed by atoms with E-state index in [4.69, 9.17) is 4.74 Å². The number of aliphatic hydroxyl groups excluding tert-OH is 1. The molecule has 3 aromatic carbocycles. The normalized spacial score (nSPS) is 16.8. The summed E-state index contributed by atoms with van der Waals surface area (Å²) in [5, 5.41) is 22.2. The van der Waals surface area contributed by atoms with Crippen molar-refractivity contribution in [3.63, 3.8) is 0 Å². The fraction of sp³-hybridized carbons (Fsp3) is 0.214. The number of non-ortho nitro benzene ring substituents is 1. The highest BCUT2D eigenvalue weighted by atomic mass is 16.6. The Morgan fingerprint density at radius 2 is 1.57 bits per heavy atom. The van der Waals surface area contributed by atoms with Crippen LogP contribution in [0.5, 0.6) is 5.75 Å². The molecule has 1 amide bonds. The summed E-state index contributed by atoms with van der Waals surface area (Å²) in [5.41, 5.74) is 1.93. The Morgan fingerprint density at radius 1 is 0.973 bits per heavy atom. The van der Waals surface area contributed by atoms with Crippen LogP contribution in [0, 0.1) is 10.1 Å². The van der Waals surface area contributed by atoms with Gasteiger partial charge < -0.3 is 14.7 Å². The number of nitrogens with zero attached hydrogens (tertiary/aromatic N) is 3. The van der Waals surface area contributed by atoms with Crippen molar-refractivity contribution in [3.05, 3.63) is 99.6 Å². The molecule has 1 aliphatic rings. The number of carbonyl (C=O) groups is 2. The van der Waals surface area contributed by atoms with Gasteiger partial charge in [0.25, 0.3) is 17.4 Å². The Kier molecular flexibility index (Phi) is 6.97. The molecular weight excluding hydrogens is 474 g/mol. The number of aliphatic hydroxyl groups is 1. The van der Waals surface area contributed by atoms with Gasteiger partial charge in [-0.1, -0.05) is 12.1 Å². The fourth-order valence-electron chi connectivity index (χ4n) is 4.22. The third-order valence-electron chi connectivity index (χ3n) is 6.01. The molecule has 1 fully saturated rings. The van der Waals surface area contributed by atoms with Gasteiger partial charge in [0.15, 0.2) is 0 Å². The Hall–Kier alpha value is -4.66. The van der Waals surface area contributed by atoms with Crippen molar-refractivity contribution < 1.29 is 24.4 Å². The lowest BCUT2D eigenvalue weighted by atomic mass is 9.95. The number of anilines is 2. The second kappa shape index (κ2) is 10.1. The molecule has 9 nitrogen and oxygen atoms in total. The number of hydrogen-bond acceptors (Lipinski definition) is 7. The van der Waals surface area contributed by atoms with Crippen LogP contribution in [0.15, 0.2) is 78.4 Å². The van der Waals surface area contributed by atoms with Gasteiger partial charge in [-0.15, -0.1) is 0 Å². The Bertz CT molecular complexity index is 1360. The first kappa shape index (κ1) is 25.4. The topological polar surface area (TPSA) is 113 Å². The maximum Gasteiger partial charge on any atom is 0.300 e. The van der Waals surface area contributed by atoms with Crippen LogP contribution in [0.2, 0.25) is 0 Å². The van der Waals surface area contributed by atoms with E-state index in [0.717, 1.165) is 5.69 Å². The summed E-state index contributed by atoms with van der Waals surface area (Å²) >= 11 is 0. The average molecular weight is 502 g/mol. The van der Waals surface area contributed by atoms with E-state index >= 15 is 0 Å². The number of ether oxygens (including phenoxy) is 1. The number of hydrogen-bond donors (Lipinski definition) is 1. The van der Waals surface area contributed by atoms with E-state index < -0.39 is 28.4 Å². The average Bonchev–Trinajstić information content (AvgIpc) is 3.14. The minimum atomic E-state index is -0.923. The Morgan fingerprint density at radius 3 is 2.08 bits per heavy atom. The first-order chi connectivity index (χ1) is 17.6. The van der Waals surface area contributed by atoms with E-state index in [9.17, 15) is 24.8 Å². The molecule has 1 unspecified atom stereocenters. The molecule has 0 aliphatic carbocycles. The maximum absolute atomic E-state index is 13.3. The second-order valence-corrected chi connectivity index (χ2v) is 9.12. The summed E-state index contributed by atoms with van der Waals surface area (Å²) < 4.78 is 5.73. The minimum absolute atomic E-state index is 0.0335. The van der Waals surface area contributed by atoms with E-state index in [1.807, 2.05) is 45.0 Å². The van der Waals surface area contributed by atoms with Crippen LogP contribution >= 0.6 is 0 Å². The number of nitro groups is 1. The molecule has 3 aromatic rings. The van der Waals surface area contributed by atoms with Crippen molar-refractivity contribution in [2.45, 2.75) is 26.0 Å². The molecular formula is C28H27N3O6. The molecule has 1 saturated heterocycles. The quantitative estimate of drug-likeness (QED) is 0.158. The van der Waals surface area contributed by atoms with Gasteiger partial charge in [0.2, 0.25) is 0 Å². The molecule has 1 N–H and O–H groups in total. The predicted molar refractivity (Wildman–Crippen MR) is 141 cm³/mol. The molecule has 9 heteroatoms. The van der Waals surface area contributed by atoms with Crippen LogP contribution in [0.25, 0.3) is 5.76 Å². The first-order valence-corrected chi connectivity index (χ1v) is 11.7. The highest BCUT2D eigenvalue weighted by Crippen LogP contribution is 2.43. The van der Waals surface area contributed by atoms with Crippen LogP contribution in [-0.4, -0.2) is 41.9 Å². The summed E-state index contributed by atoms with van der Waals surface area (Å²) in [5.74, 6) is -1.41. The zero-order valence-corrected chi connectivity index (χ0v) is 20.9. The van der Waals surface area contributed by atoms with Crippen LogP contribution in [0.3, 0.4) is 0 Å². The zero-order valence-electron chi connectivity index (χ0n) is 20.9. The summed E-state index contributed by atoms with van der Waals surface area (Å²) in [4.78, 5) is 40.4. The van der Waals surface area contributed by atoms with Crippen LogP contribution in [0.1, 0.15) is 31.0 Å². The van der Waals surface area contributed by atoms with Gasteiger partial charge in [-0.05, 0) is 67.9 Å². The van der Waals surface area contributed by atoms with Crippen LogP contribution in [0.4, 0.5) is 17.1 Å². The first-order valence-electron chi connectivity index (χ1n) is 11.7. The number of nitro benzene ring substituents is 1. The molecule has 1 aliphatic heterocycles. The highest BCUT2D eigenvalue weighted by molar-refractivity contribution is 6.51. The van der Waals surface area contributed by atoms with Crippen molar-refractivity contribution >= 4 is 34.5 Å².